The van der Waals surface area contributed by atoms with E-state index in [2.05, 4.69) is 11.1 Å². The average Bonchev–Trinajstić information content (AvgIpc) is 2.16. The first-order chi connectivity index (χ1) is 7.01. The summed E-state index contributed by atoms with van der Waals surface area (Å²) in [7, 11) is 1.53. The van der Waals surface area contributed by atoms with Crippen LogP contribution in [0.15, 0.2) is 12.1 Å². The van der Waals surface area contributed by atoms with Gasteiger partial charge in [0.1, 0.15) is 0 Å². The third-order valence-corrected chi connectivity index (χ3v) is 1.80. The van der Waals surface area contributed by atoms with E-state index >= 15 is 0 Å². The van der Waals surface area contributed by atoms with Crippen LogP contribution in [0.5, 0.6) is 11.8 Å². The number of methoxy groups -OCH3 is 1. The topological polar surface area (TPSA) is 51.6 Å². The normalized spacial score (nSPS) is 11.2. The molecule has 0 aliphatic heterocycles. The lowest BCUT2D eigenvalue weighted by Crippen LogP contribution is -2.21. The second kappa shape index (κ2) is 4.98. The van der Waals surface area contributed by atoms with Gasteiger partial charge in [-0.3, -0.25) is 0 Å². The molecule has 1 heterocycles. The van der Waals surface area contributed by atoms with Crippen molar-refractivity contribution in [1.82, 2.24) is 4.98 Å². The second-order valence-corrected chi connectivity index (χ2v) is 3.85. The zero-order chi connectivity index (χ0) is 11.3. The molecular weight excluding hydrogens is 194 g/mol. The smallest absolute Gasteiger partial charge is 0.224 e. The minimum Gasteiger partial charge on any atom is -0.480 e. The molecule has 0 saturated heterocycles. The summed E-state index contributed by atoms with van der Waals surface area (Å²) in [5, 5.41) is 9.47. The number of pyridine rings is 1. The molecule has 0 amide bonds. The highest BCUT2D eigenvalue weighted by Crippen LogP contribution is 2.14. The maximum absolute atomic E-state index is 9.47. The molecule has 15 heavy (non-hydrogen) atoms. The van der Waals surface area contributed by atoms with Crippen molar-refractivity contribution < 1.29 is 14.6 Å². The monoisotopic (exact) mass is 210 g/mol. The molecule has 0 spiro atoms. The van der Waals surface area contributed by atoms with E-state index in [0.717, 1.165) is 0 Å². The fourth-order valence-corrected chi connectivity index (χ4v) is 0.944. The van der Waals surface area contributed by atoms with Crippen molar-refractivity contribution >= 4 is 0 Å². The van der Waals surface area contributed by atoms with Gasteiger partial charge in [0.05, 0.1) is 19.3 Å². The van der Waals surface area contributed by atoms with Gasteiger partial charge in [-0.05, 0) is 19.9 Å². The van der Waals surface area contributed by atoms with Crippen LogP contribution in [0.3, 0.4) is 0 Å². The SMILES string of the molecule is COc1[c]ccc(OCCC(C)(C)O)n1. The number of ether oxygens (including phenoxy) is 2. The van der Waals surface area contributed by atoms with Crippen LogP contribution >= 0.6 is 0 Å². The summed E-state index contributed by atoms with van der Waals surface area (Å²) >= 11 is 0. The number of aromatic nitrogens is 1. The maximum Gasteiger partial charge on any atom is 0.224 e. The molecule has 0 unspecified atom stereocenters. The van der Waals surface area contributed by atoms with Crippen LogP contribution in [-0.4, -0.2) is 29.4 Å². The van der Waals surface area contributed by atoms with E-state index in [4.69, 9.17) is 9.47 Å². The highest BCUT2D eigenvalue weighted by Gasteiger charge is 2.12. The predicted octanol–water partition coefficient (Wildman–Crippen LogP) is 1.43. The van der Waals surface area contributed by atoms with Crippen LogP contribution in [0.2, 0.25) is 0 Å². The summed E-state index contributed by atoms with van der Waals surface area (Å²) in [5.41, 5.74) is -0.717. The quantitative estimate of drug-likeness (QED) is 0.798. The first kappa shape index (κ1) is 11.8. The number of hydrogen-bond acceptors (Lipinski definition) is 4. The van der Waals surface area contributed by atoms with Gasteiger partial charge < -0.3 is 14.6 Å². The van der Waals surface area contributed by atoms with Gasteiger partial charge in [0.15, 0.2) is 0 Å². The molecule has 4 heteroatoms. The molecule has 1 N–H and O–H groups in total. The third kappa shape index (κ3) is 4.65. The summed E-state index contributed by atoms with van der Waals surface area (Å²) in [4.78, 5) is 4.03. The molecule has 1 rings (SSSR count). The molecule has 0 saturated carbocycles. The fraction of sp³-hybridized carbons (Fsp3) is 0.545. The largest absolute Gasteiger partial charge is 0.480 e. The van der Waals surface area contributed by atoms with E-state index in [1.807, 2.05) is 0 Å². The first-order valence-electron chi connectivity index (χ1n) is 4.79. The summed E-state index contributed by atoms with van der Waals surface area (Å²) in [6, 6.07) is 6.19. The van der Waals surface area contributed by atoms with Crippen LogP contribution in [0.25, 0.3) is 0 Å². The summed E-state index contributed by atoms with van der Waals surface area (Å²) in [5.74, 6) is 0.880. The van der Waals surface area contributed by atoms with Gasteiger partial charge in [0.2, 0.25) is 11.8 Å². The lowest BCUT2D eigenvalue weighted by Gasteiger charge is -2.16. The molecule has 0 fully saturated rings. The number of aliphatic hydroxyl groups is 1. The minimum absolute atomic E-state index is 0.399. The Hall–Kier alpha value is -1.29. The van der Waals surface area contributed by atoms with Gasteiger partial charge in [-0.15, -0.1) is 0 Å². The van der Waals surface area contributed by atoms with Crippen LogP contribution in [0.1, 0.15) is 20.3 Å². The molecular formula is C11H16NO3. The Labute approximate surface area is 89.9 Å². The lowest BCUT2D eigenvalue weighted by atomic mass is 10.1. The first-order valence-corrected chi connectivity index (χ1v) is 4.79. The molecule has 0 aromatic carbocycles. The van der Waals surface area contributed by atoms with E-state index in [0.29, 0.717) is 24.8 Å². The van der Waals surface area contributed by atoms with Crippen molar-refractivity contribution in [3.8, 4) is 11.8 Å². The standard InChI is InChI=1S/C11H16NO3/c1-11(2,13)7-8-15-10-6-4-5-9(12-10)14-3/h4,6,13H,7-8H2,1-3H3. The molecule has 4 nitrogen and oxygen atoms in total. The number of rotatable bonds is 5. The zero-order valence-electron chi connectivity index (χ0n) is 9.28. The van der Waals surface area contributed by atoms with Crippen molar-refractivity contribution in [2.24, 2.45) is 0 Å². The molecule has 0 bridgehead atoms. The van der Waals surface area contributed by atoms with E-state index < -0.39 is 5.60 Å². The maximum atomic E-state index is 9.47. The molecule has 1 aromatic rings. The summed E-state index contributed by atoms with van der Waals surface area (Å²) < 4.78 is 10.3. The van der Waals surface area contributed by atoms with Gasteiger partial charge in [0.25, 0.3) is 0 Å². The lowest BCUT2D eigenvalue weighted by molar-refractivity contribution is 0.0546. The van der Waals surface area contributed by atoms with E-state index in [-0.39, 0.29) is 0 Å². The van der Waals surface area contributed by atoms with Gasteiger partial charge in [-0.1, -0.05) is 0 Å². The Kier molecular flexibility index (Phi) is 3.91. The highest BCUT2D eigenvalue weighted by atomic mass is 16.5. The van der Waals surface area contributed by atoms with E-state index in [1.165, 1.54) is 7.11 Å². The predicted molar refractivity (Wildman–Crippen MR) is 56.0 cm³/mol. The molecule has 0 aliphatic carbocycles. The Balaban J connectivity index is 2.44. The van der Waals surface area contributed by atoms with Crippen LogP contribution in [-0.2, 0) is 0 Å². The van der Waals surface area contributed by atoms with E-state index in [9.17, 15) is 5.11 Å². The van der Waals surface area contributed by atoms with Crippen molar-refractivity contribution in [2.75, 3.05) is 13.7 Å². The molecule has 1 radical (unpaired) electrons. The van der Waals surface area contributed by atoms with E-state index in [1.54, 1.807) is 26.0 Å². The Morgan fingerprint density at radius 3 is 2.87 bits per heavy atom. The van der Waals surface area contributed by atoms with Gasteiger partial charge in [-0.2, -0.15) is 4.98 Å². The summed E-state index contributed by atoms with van der Waals surface area (Å²) in [6.45, 7) is 3.90. The Morgan fingerprint density at radius 2 is 2.27 bits per heavy atom. The number of nitrogens with zero attached hydrogens (tertiary/aromatic N) is 1. The molecule has 83 valence electrons. The third-order valence-electron chi connectivity index (χ3n) is 1.80. The van der Waals surface area contributed by atoms with Crippen LogP contribution in [0.4, 0.5) is 0 Å². The fourth-order valence-electron chi connectivity index (χ4n) is 0.944. The molecule has 1 aromatic heterocycles. The van der Waals surface area contributed by atoms with Crippen LogP contribution in [0, 0.1) is 6.07 Å². The van der Waals surface area contributed by atoms with Crippen molar-refractivity contribution in [2.45, 2.75) is 25.9 Å². The summed E-state index contributed by atoms with van der Waals surface area (Å²) in [6.07, 6.45) is 0.551. The van der Waals surface area contributed by atoms with Crippen molar-refractivity contribution in [3.63, 3.8) is 0 Å². The number of hydrogen-bond donors (Lipinski definition) is 1. The van der Waals surface area contributed by atoms with Gasteiger partial charge >= 0.3 is 0 Å². The Morgan fingerprint density at radius 1 is 1.53 bits per heavy atom. The molecule has 0 aliphatic rings. The second-order valence-electron chi connectivity index (χ2n) is 3.85. The van der Waals surface area contributed by atoms with Crippen LogP contribution < -0.4 is 9.47 Å². The molecule has 0 atom stereocenters. The Bertz CT molecular complexity index is 307. The van der Waals surface area contributed by atoms with Gasteiger partial charge in [-0.25, -0.2) is 0 Å². The highest BCUT2D eigenvalue weighted by molar-refractivity contribution is 5.18. The average molecular weight is 210 g/mol. The van der Waals surface area contributed by atoms with Crippen molar-refractivity contribution in [1.29, 1.82) is 0 Å². The minimum atomic E-state index is -0.717. The van der Waals surface area contributed by atoms with Crippen molar-refractivity contribution in [3.05, 3.63) is 18.2 Å². The zero-order valence-corrected chi connectivity index (χ0v) is 9.28. The van der Waals surface area contributed by atoms with Gasteiger partial charge in [0, 0.05) is 18.6 Å².